The molecule has 0 N–H and O–H groups in total. The smallest absolute Gasteiger partial charge is 0.360 e. The van der Waals surface area contributed by atoms with Crippen molar-refractivity contribution >= 4 is 68.4 Å². The molecule has 0 unspecified atom stereocenters. The molecular formula is C27H25Cl2N4O2S2+. The molecule has 1 aromatic heterocycles. The minimum atomic E-state index is 0.709. The lowest BCUT2D eigenvalue weighted by atomic mass is 10.1. The monoisotopic (exact) mass is 571 g/mol. The first kappa shape index (κ1) is 25.1. The van der Waals surface area contributed by atoms with E-state index in [4.69, 9.17) is 42.7 Å². The Kier molecular flexibility index (Phi) is 7.65. The van der Waals surface area contributed by atoms with Gasteiger partial charge in [0, 0.05) is 46.0 Å². The van der Waals surface area contributed by atoms with E-state index >= 15 is 0 Å². The number of benzene rings is 2. The predicted octanol–water partition coefficient (Wildman–Crippen LogP) is 5.93. The second-order valence-corrected chi connectivity index (χ2v) is 11.7. The summed E-state index contributed by atoms with van der Waals surface area (Å²) in [4.78, 5) is 14.7. The molecule has 3 aliphatic heterocycles. The van der Waals surface area contributed by atoms with Crippen molar-refractivity contribution in [3.8, 4) is 11.3 Å². The van der Waals surface area contributed by atoms with E-state index in [9.17, 15) is 0 Å². The van der Waals surface area contributed by atoms with Crippen LogP contribution in [0.4, 0.5) is 5.13 Å². The molecule has 3 aromatic rings. The molecule has 0 aliphatic carbocycles. The van der Waals surface area contributed by atoms with Crippen molar-refractivity contribution in [2.75, 3.05) is 57.5 Å². The molecular weight excluding hydrogens is 547 g/mol. The van der Waals surface area contributed by atoms with Crippen molar-refractivity contribution in [3.63, 3.8) is 0 Å². The van der Waals surface area contributed by atoms with Crippen molar-refractivity contribution in [2.45, 2.75) is 0 Å². The zero-order valence-corrected chi connectivity index (χ0v) is 23.2. The number of amidine groups is 1. The summed E-state index contributed by atoms with van der Waals surface area (Å²) in [6.07, 6.45) is 2.23. The van der Waals surface area contributed by atoms with Gasteiger partial charge in [0.15, 0.2) is 10.8 Å². The predicted molar refractivity (Wildman–Crippen MR) is 155 cm³/mol. The van der Waals surface area contributed by atoms with Crippen molar-refractivity contribution < 1.29 is 14.0 Å². The van der Waals surface area contributed by atoms with Crippen molar-refractivity contribution in [2.24, 2.45) is 4.99 Å². The topological polar surface area (TPSA) is 50.0 Å². The van der Waals surface area contributed by atoms with Gasteiger partial charge in [0.1, 0.15) is 13.1 Å². The number of allylic oxidation sites excluding steroid dienone is 1. The lowest BCUT2D eigenvalue weighted by molar-refractivity contribution is -0.547. The number of nitrogens with zero attached hydrogens (tertiary/aromatic N) is 4. The standard InChI is InChI=1S/C27H25Cl2N4O2S2/c28-20-5-1-18(2-6-20)24-22(36-26(30-24)32-9-13-34-14-10-32)17-23-25(19-3-7-21(29)8-4-19)31-27(37-23)33-11-15-35-16-12-33/h1-8,17H,9-16H2/q+1. The van der Waals surface area contributed by atoms with Crippen LogP contribution in [-0.2, 0) is 9.47 Å². The average Bonchev–Trinajstić information content (AvgIpc) is 3.56. The SMILES string of the molecule is Clc1ccc(C2=NC(=[N+]3CCOCC3)S/C2=C\c2sc(N3CCOCC3)nc2-c2ccc(Cl)cc2)cc1. The van der Waals surface area contributed by atoms with Gasteiger partial charge in [-0.2, -0.15) is 0 Å². The fraction of sp³-hybridized carbons (Fsp3) is 0.296. The highest BCUT2D eigenvalue weighted by molar-refractivity contribution is 8.18. The van der Waals surface area contributed by atoms with Crippen molar-refractivity contribution in [1.82, 2.24) is 4.98 Å². The summed E-state index contributed by atoms with van der Waals surface area (Å²) in [7, 11) is 0. The van der Waals surface area contributed by atoms with Gasteiger partial charge in [-0.05, 0) is 47.5 Å². The second kappa shape index (κ2) is 11.3. The Morgan fingerprint density at radius 3 is 2.14 bits per heavy atom. The van der Waals surface area contributed by atoms with Crippen LogP contribution in [0.5, 0.6) is 0 Å². The van der Waals surface area contributed by atoms with Crippen LogP contribution in [0.3, 0.4) is 0 Å². The number of thioether (sulfide) groups is 1. The maximum Gasteiger partial charge on any atom is 0.360 e. The lowest BCUT2D eigenvalue weighted by Gasteiger charge is -2.26. The Morgan fingerprint density at radius 1 is 0.838 bits per heavy atom. The number of hydrogen-bond donors (Lipinski definition) is 0. The second-order valence-electron chi connectivity index (χ2n) is 8.78. The minimum absolute atomic E-state index is 0.709. The van der Waals surface area contributed by atoms with Crippen LogP contribution in [0.25, 0.3) is 17.3 Å². The highest BCUT2D eigenvalue weighted by Crippen LogP contribution is 2.39. The Hall–Kier alpha value is -2.20. The number of hydrogen-bond acceptors (Lipinski definition) is 6. The van der Waals surface area contributed by atoms with E-state index in [1.54, 1.807) is 23.1 Å². The van der Waals surface area contributed by atoms with Crippen LogP contribution >= 0.6 is 46.3 Å². The van der Waals surface area contributed by atoms with Crippen LogP contribution in [0.2, 0.25) is 10.0 Å². The molecule has 2 fully saturated rings. The van der Waals surface area contributed by atoms with Crippen LogP contribution in [0, 0.1) is 0 Å². The Bertz CT molecular complexity index is 1370. The molecule has 3 aliphatic rings. The number of halogens is 2. The van der Waals surface area contributed by atoms with Gasteiger partial charge < -0.3 is 14.4 Å². The van der Waals surface area contributed by atoms with E-state index in [1.807, 2.05) is 48.5 Å². The third kappa shape index (κ3) is 5.65. The van der Waals surface area contributed by atoms with Gasteiger partial charge in [0.05, 0.1) is 41.9 Å². The lowest BCUT2D eigenvalue weighted by Crippen LogP contribution is -2.36. The van der Waals surface area contributed by atoms with E-state index in [2.05, 4.69) is 15.6 Å². The highest BCUT2D eigenvalue weighted by Gasteiger charge is 2.33. The van der Waals surface area contributed by atoms with E-state index in [0.717, 1.165) is 68.8 Å². The summed E-state index contributed by atoms with van der Waals surface area (Å²) in [6.45, 7) is 6.21. The number of aliphatic imine (C=N–C) groups is 1. The Morgan fingerprint density at radius 2 is 1.46 bits per heavy atom. The number of rotatable bonds is 4. The molecule has 6 nitrogen and oxygen atoms in total. The summed E-state index contributed by atoms with van der Waals surface area (Å²) in [5.41, 5.74) is 3.98. The molecule has 0 bridgehead atoms. The summed E-state index contributed by atoms with van der Waals surface area (Å²) >= 11 is 15.8. The van der Waals surface area contributed by atoms with Gasteiger partial charge in [-0.15, -0.1) is 0 Å². The minimum Gasteiger partial charge on any atom is -0.378 e. The third-order valence-corrected chi connectivity index (χ3v) is 8.98. The quantitative estimate of drug-likeness (QED) is 0.363. The molecule has 6 rings (SSSR count). The molecule has 0 saturated carbocycles. The molecule has 4 heterocycles. The molecule has 0 radical (unpaired) electrons. The molecule has 0 spiro atoms. The van der Waals surface area contributed by atoms with Gasteiger partial charge in [-0.1, -0.05) is 46.7 Å². The number of morpholine rings is 2. The third-order valence-electron chi connectivity index (χ3n) is 6.34. The fourth-order valence-electron chi connectivity index (χ4n) is 4.36. The fourth-order valence-corrected chi connectivity index (χ4v) is 6.86. The van der Waals surface area contributed by atoms with E-state index < -0.39 is 0 Å². The molecule has 37 heavy (non-hydrogen) atoms. The number of aromatic nitrogens is 1. The summed E-state index contributed by atoms with van der Waals surface area (Å²) in [5, 5.41) is 3.43. The molecule has 0 atom stereocenters. The van der Waals surface area contributed by atoms with E-state index in [0.29, 0.717) is 36.5 Å². The summed E-state index contributed by atoms with van der Waals surface area (Å²) < 4.78 is 13.4. The molecule has 10 heteroatoms. The summed E-state index contributed by atoms with van der Waals surface area (Å²) in [6, 6.07) is 15.8. The maximum atomic E-state index is 6.19. The zero-order valence-electron chi connectivity index (χ0n) is 20.0. The van der Waals surface area contributed by atoms with Crippen LogP contribution in [0.15, 0.2) is 58.4 Å². The van der Waals surface area contributed by atoms with Crippen LogP contribution in [-0.4, -0.2) is 73.0 Å². The first-order valence-electron chi connectivity index (χ1n) is 12.2. The van der Waals surface area contributed by atoms with Gasteiger partial charge in [0.2, 0.25) is 0 Å². The van der Waals surface area contributed by atoms with Gasteiger partial charge in [-0.25, -0.2) is 9.56 Å². The van der Waals surface area contributed by atoms with Crippen LogP contribution in [0.1, 0.15) is 10.4 Å². The largest absolute Gasteiger partial charge is 0.378 e. The first-order valence-corrected chi connectivity index (χ1v) is 14.6. The van der Waals surface area contributed by atoms with Gasteiger partial charge in [0.25, 0.3) is 0 Å². The number of thiazole rings is 1. The molecule has 2 saturated heterocycles. The molecule has 2 aromatic carbocycles. The Labute approximate surface area is 234 Å². The zero-order chi connectivity index (χ0) is 25.2. The number of ether oxygens (including phenoxy) is 2. The van der Waals surface area contributed by atoms with Crippen molar-refractivity contribution in [1.29, 1.82) is 0 Å². The average molecular weight is 573 g/mol. The highest BCUT2D eigenvalue weighted by atomic mass is 35.5. The van der Waals surface area contributed by atoms with Gasteiger partial charge in [-0.3, -0.25) is 0 Å². The normalized spacial score (nSPS) is 19.6. The first-order chi connectivity index (χ1) is 18.1. The van der Waals surface area contributed by atoms with E-state index in [1.165, 1.54) is 0 Å². The molecule has 190 valence electrons. The molecule has 0 amide bonds. The van der Waals surface area contributed by atoms with Crippen molar-refractivity contribution in [3.05, 3.63) is 73.9 Å². The van der Waals surface area contributed by atoms with E-state index in [-0.39, 0.29) is 0 Å². The summed E-state index contributed by atoms with van der Waals surface area (Å²) in [5.74, 6) is 0. The van der Waals surface area contributed by atoms with Gasteiger partial charge >= 0.3 is 5.17 Å². The number of anilines is 1. The Balaban J connectivity index is 1.44. The maximum absolute atomic E-state index is 6.19. The van der Waals surface area contributed by atoms with Crippen LogP contribution < -0.4 is 4.90 Å².